The molecule has 0 saturated heterocycles. The third kappa shape index (κ3) is 3.03. The Hall–Kier alpha value is -0.480. The molecule has 0 aliphatic rings. The predicted octanol–water partition coefficient (Wildman–Crippen LogP) is 3.04. The summed E-state index contributed by atoms with van der Waals surface area (Å²) in [6, 6.07) is 2.26. The Labute approximate surface area is 89.9 Å². The van der Waals surface area contributed by atoms with Crippen LogP contribution in [0.25, 0.3) is 0 Å². The van der Waals surface area contributed by atoms with Gasteiger partial charge in [0.05, 0.1) is 6.10 Å². The zero-order chi connectivity index (χ0) is 10.7. The topological polar surface area (TPSA) is 20.2 Å². The molecule has 0 aromatic heterocycles. The summed E-state index contributed by atoms with van der Waals surface area (Å²) >= 11 is 3.14. The Morgan fingerprint density at radius 2 is 1.93 bits per heavy atom. The summed E-state index contributed by atoms with van der Waals surface area (Å²) in [5.74, 6) is -1.72. The fourth-order valence-corrected chi connectivity index (χ4v) is 1.63. The summed E-state index contributed by atoms with van der Waals surface area (Å²) in [7, 11) is 0. The van der Waals surface area contributed by atoms with Crippen molar-refractivity contribution in [2.75, 3.05) is 0 Å². The summed E-state index contributed by atoms with van der Waals surface area (Å²) < 4.78 is 26.1. The smallest absolute Gasteiger partial charge is 0.159 e. The van der Waals surface area contributed by atoms with Crippen molar-refractivity contribution in [3.05, 3.63) is 33.8 Å². The molecule has 1 atom stereocenters. The van der Waals surface area contributed by atoms with Crippen molar-refractivity contribution in [2.24, 2.45) is 0 Å². The van der Waals surface area contributed by atoms with Crippen LogP contribution in [0.2, 0.25) is 0 Å². The number of rotatable bonds is 3. The van der Waals surface area contributed by atoms with Crippen LogP contribution in [0.3, 0.4) is 0 Å². The first kappa shape index (κ1) is 11.6. The van der Waals surface area contributed by atoms with Crippen LogP contribution in [-0.4, -0.2) is 11.2 Å². The fraction of sp³-hybridized carbons (Fsp3) is 0.400. The number of halogens is 3. The zero-order valence-electron chi connectivity index (χ0n) is 7.73. The van der Waals surface area contributed by atoms with E-state index in [9.17, 15) is 8.78 Å². The first-order valence-corrected chi connectivity index (χ1v) is 5.11. The lowest BCUT2D eigenvalue weighted by Gasteiger charge is -2.07. The van der Waals surface area contributed by atoms with Gasteiger partial charge in [-0.25, -0.2) is 8.78 Å². The molecule has 1 aromatic rings. The van der Waals surface area contributed by atoms with E-state index >= 15 is 0 Å². The van der Waals surface area contributed by atoms with Crippen molar-refractivity contribution in [1.82, 2.24) is 0 Å². The zero-order valence-corrected chi connectivity index (χ0v) is 9.31. The molecule has 1 N–H and O–H groups in total. The molecule has 0 aliphatic heterocycles. The second kappa shape index (κ2) is 4.84. The lowest BCUT2D eigenvalue weighted by molar-refractivity contribution is 0.185. The molecular formula is C10H11BrF2O. The number of aliphatic hydroxyl groups excluding tert-OH is 1. The molecule has 1 rings (SSSR count). The molecular weight excluding hydrogens is 254 g/mol. The van der Waals surface area contributed by atoms with E-state index in [-0.39, 0.29) is 0 Å². The van der Waals surface area contributed by atoms with Crippen molar-refractivity contribution in [3.63, 3.8) is 0 Å². The molecule has 1 aromatic carbocycles. The van der Waals surface area contributed by atoms with Crippen LogP contribution >= 0.6 is 15.9 Å². The first-order valence-electron chi connectivity index (χ1n) is 4.32. The maximum atomic E-state index is 12.8. The molecule has 0 saturated carbocycles. The van der Waals surface area contributed by atoms with Crippen LogP contribution in [-0.2, 0) is 6.42 Å². The van der Waals surface area contributed by atoms with Crippen LogP contribution in [0.1, 0.15) is 18.9 Å². The minimum Gasteiger partial charge on any atom is -0.393 e. The van der Waals surface area contributed by atoms with Gasteiger partial charge in [-0.15, -0.1) is 0 Å². The fourth-order valence-electron chi connectivity index (χ4n) is 1.12. The van der Waals surface area contributed by atoms with Crippen LogP contribution in [0.5, 0.6) is 0 Å². The molecule has 0 heterocycles. The molecule has 4 heteroatoms. The minimum atomic E-state index is -0.863. The van der Waals surface area contributed by atoms with E-state index in [0.29, 0.717) is 22.9 Å². The highest BCUT2D eigenvalue weighted by molar-refractivity contribution is 9.10. The number of aryl methyl sites for hydroxylation is 1. The van der Waals surface area contributed by atoms with E-state index < -0.39 is 17.7 Å². The quantitative estimate of drug-likeness (QED) is 0.833. The maximum absolute atomic E-state index is 12.8. The molecule has 0 unspecified atom stereocenters. The van der Waals surface area contributed by atoms with E-state index in [1.807, 2.05) is 0 Å². The third-order valence-electron chi connectivity index (χ3n) is 1.92. The van der Waals surface area contributed by atoms with Crippen molar-refractivity contribution in [3.8, 4) is 0 Å². The molecule has 1 nitrogen and oxygen atoms in total. The minimum absolute atomic E-state index is 0.435. The van der Waals surface area contributed by atoms with Crippen molar-refractivity contribution >= 4 is 15.9 Å². The second-order valence-corrected chi connectivity index (χ2v) is 4.10. The summed E-state index contributed by atoms with van der Waals surface area (Å²) in [4.78, 5) is 0. The third-order valence-corrected chi connectivity index (χ3v) is 2.66. The van der Waals surface area contributed by atoms with Gasteiger partial charge in [0.15, 0.2) is 11.6 Å². The van der Waals surface area contributed by atoms with E-state index in [1.165, 1.54) is 0 Å². The van der Waals surface area contributed by atoms with E-state index in [4.69, 9.17) is 5.11 Å². The van der Waals surface area contributed by atoms with Crippen molar-refractivity contribution in [1.29, 1.82) is 0 Å². The average molecular weight is 265 g/mol. The predicted molar refractivity (Wildman–Crippen MR) is 54.1 cm³/mol. The molecule has 0 fully saturated rings. The lowest BCUT2D eigenvalue weighted by Crippen LogP contribution is -2.02. The Morgan fingerprint density at radius 3 is 2.50 bits per heavy atom. The van der Waals surface area contributed by atoms with Gasteiger partial charge in [-0.1, -0.05) is 15.9 Å². The molecule has 0 aliphatic carbocycles. The summed E-state index contributed by atoms with van der Waals surface area (Å²) in [6.07, 6.45) is 0.620. The second-order valence-electron chi connectivity index (χ2n) is 3.25. The van der Waals surface area contributed by atoms with E-state index in [2.05, 4.69) is 15.9 Å². The van der Waals surface area contributed by atoms with Crippen molar-refractivity contribution < 1.29 is 13.9 Å². The maximum Gasteiger partial charge on any atom is 0.159 e. The Morgan fingerprint density at radius 1 is 1.36 bits per heavy atom. The molecule has 14 heavy (non-hydrogen) atoms. The Kier molecular flexibility index (Phi) is 4.01. The van der Waals surface area contributed by atoms with Gasteiger partial charge in [0, 0.05) is 4.47 Å². The summed E-state index contributed by atoms with van der Waals surface area (Å²) in [5.41, 5.74) is 0.671. The summed E-state index contributed by atoms with van der Waals surface area (Å²) in [6.45, 7) is 1.66. The number of benzene rings is 1. The largest absolute Gasteiger partial charge is 0.393 e. The SMILES string of the molecule is C[C@@H](O)CCc1cc(F)c(F)cc1Br. The molecule has 0 bridgehead atoms. The number of hydrogen-bond donors (Lipinski definition) is 1. The monoisotopic (exact) mass is 264 g/mol. The Bertz CT molecular complexity index is 326. The number of aliphatic hydroxyl groups is 1. The molecule has 0 spiro atoms. The molecule has 0 amide bonds. The van der Waals surface area contributed by atoms with Gasteiger partial charge in [-0.3, -0.25) is 0 Å². The van der Waals surface area contributed by atoms with Gasteiger partial charge in [-0.2, -0.15) is 0 Å². The van der Waals surface area contributed by atoms with Gasteiger partial charge in [0.25, 0.3) is 0 Å². The van der Waals surface area contributed by atoms with E-state index in [1.54, 1.807) is 6.92 Å². The van der Waals surface area contributed by atoms with Crippen LogP contribution in [0.4, 0.5) is 8.78 Å². The summed E-state index contributed by atoms with van der Waals surface area (Å²) in [5, 5.41) is 9.05. The van der Waals surface area contributed by atoms with Gasteiger partial charge in [-0.05, 0) is 37.5 Å². The van der Waals surface area contributed by atoms with Gasteiger partial charge >= 0.3 is 0 Å². The van der Waals surface area contributed by atoms with Gasteiger partial charge in [0.1, 0.15) is 0 Å². The first-order chi connectivity index (χ1) is 6.50. The highest BCUT2D eigenvalue weighted by atomic mass is 79.9. The standard InChI is InChI=1S/C10H11BrF2O/c1-6(14)2-3-7-4-9(12)10(13)5-8(7)11/h4-6,14H,2-3H2,1H3/t6-/m1/s1. The highest BCUT2D eigenvalue weighted by Crippen LogP contribution is 2.22. The molecule has 78 valence electrons. The van der Waals surface area contributed by atoms with Crippen LogP contribution in [0.15, 0.2) is 16.6 Å². The normalized spacial score (nSPS) is 12.9. The number of hydrogen-bond acceptors (Lipinski definition) is 1. The van der Waals surface area contributed by atoms with Crippen molar-refractivity contribution in [2.45, 2.75) is 25.9 Å². The molecule has 0 radical (unpaired) electrons. The highest BCUT2D eigenvalue weighted by Gasteiger charge is 2.08. The van der Waals surface area contributed by atoms with E-state index in [0.717, 1.165) is 12.1 Å². The van der Waals surface area contributed by atoms with Gasteiger partial charge < -0.3 is 5.11 Å². The average Bonchev–Trinajstić information content (AvgIpc) is 2.09. The lowest BCUT2D eigenvalue weighted by atomic mass is 10.1. The Balaban J connectivity index is 2.82. The van der Waals surface area contributed by atoms with Crippen LogP contribution in [0, 0.1) is 11.6 Å². The van der Waals surface area contributed by atoms with Crippen LogP contribution < -0.4 is 0 Å². The van der Waals surface area contributed by atoms with Gasteiger partial charge in [0.2, 0.25) is 0 Å².